The first-order chi connectivity index (χ1) is 13.1. The van der Waals surface area contributed by atoms with E-state index in [1.54, 1.807) is 0 Å². The van der Waals surface area contributed by atoms with Crippen molar-refractivity contribution in [2.75, 3.05) is 72.0 Å². The van der Waals surface area contributed by atoms with Crippen molar-refractivity contribution in [3.8, 4) is 0 Å². The molecule has 150 valence electrons. The number of benzene rings is 1. The van der Waals surface area contributed by atoms with E-state index in [9.17, 15) is 0 Å². The van der Waals surface area contributed by atoms with Crippen molar-refractivity contribution < 1.29 is 4.74 Å². The number of nitrogens with one attached hydrogen (secondary N) is 1. The largest absolute Gasteiger partial charge is 0.379 e. The second-order valence-corrected chi connectivity index (χ2v) is 7.92. The highest BCUT2D eigenvalue weighted by Gasteiger charge is 2.27. The van der Waals surface area contributed by atoms with E-state index in [-0.39, 0.29) is 0 Å². The molecule has 1 aromatic carbocycles. The molecule has 1 N–H and O–H groups in total. The summed E-state index contributed by atoms with van der Waals surface area (Å²) in [4.78, 5) is 11.6. The highest BCUT2D eigenvalue weighted by atomic mass is 16.5. The van der Waals surface area contributed by atoms with E-state index in [0.29, 0.717) is 0 Å². The van der Waals surface area contributed by atoms with Crippen LogP contribution in [-0.2, 0) is 11.3 Å². The normalized spacial score (nSPS) is 21.6. The predicted octanol–water partition coefficient (Wildman–Crippen LogP) is 1.79. The molecule has 2 aliphatic heterocycles. The third-order valence-electron chi connectivity index (χ3n) is 5.70. The molecule has 0 aliphatic carbocycles. The highest BCUT2D eigenvalue weighted by Crippen LogP contribution is 2.20. The minimum absolute atomic E-state index is 0.725. The number of hydrogen-bond acceptors (Lipinski definition) is 4. The van der Waals surface area contributed by atoms with Gasteiger partial charge in [0.15, 0.2) is 5.96 Å². The Labute approximate surface area is 164 Å². The van der Waals surface area contributed by atoms with E-state index >= 15 is 0 Å². The molecule has 6 heteroatoms. The minimum atomic E-state index is 0.725. The maximum Gasteiger partial charge on any atom is 0.193 e. The molecule has 1 unspecified atom stereocenters. The van der Waals surface area contributed by atoms with Crippen LogP contribution in [0, 0.1) is 12.8 Å². The number of aryl methyl sites for hydroxylation is 1. The molecule has 0 bridgehead atoms. The van der Waals surface area contributed by atoms with E-state index in [2.05, 4.69) is 64.2 Å². The Morgan fingerprint density at radius 2 is 2.04 bits per heavy atom. The lowest BCUT2D eigenvalue weighted by atomic mass is 10.1. The fourth-order valence-electron chi connectivity index (χ4n) is 3.99. The average molecular weight is 374 g/mol. The van der Waals surface area contributed by atoms with Crippen LogP contribution in [0.5, 0.6) is 0 Å². The fourth-order valence-corrected chi connectivity index (χ4v) is 3.99. The zero-order chi connectivity index (χ0) is 19.2. The van der Waals surface area contributed by atoms with Crippen molar-refractivity contribution in [2.24, 2.45) is 10.9 Å². The van der Waals surface area contributed by atoms with Crippen molar-refractivity contribution in [2.45, 2.75) is 19.9 Å². The van der Waals surface area contributed by atoms with Crippen LogP contribution in [0.15, 0.2) is 23.2 Å². The first-order valence-electron chi connectivity index (χ1n) is 10.1. The fraction of sp³-hybridized carbons (Fsp3) is 0.667. The Hall–Kier alpha value is -1.79. The van der Waals surface area contributed by atoms with E-state index in [4.69, 9.17) is 4.74 Å². The molecule has 2 heterocycles. The molecule has 0 aromatic heterocycles. The monoisotopic (exact) mass is 373 g/mol. The van der Waals surface area contributed by atoms with Crippen molar-refractivity contribution in [3.05, 3.63) is 29.3 Å². The summed E-state index contributed by atoms with van der Waals surface area (Å²) in [5.41, 5.74) is 3.88. The lowest BCUT2D eigenvalue weighted by molar-refractivity contribution is 0.0315. The highest BCUT2D eigenvalue weighted by molar-refractivity contribution is 5.80. The van der Waals surface area contributed by atoms with Gasteiger partial charge in [-0.2, -0.15) is 0 Å². The van der Waals surface area contributed by atoms with Crippen LogP contribution < -0.4 is 10.2 Å². The number of nitrogens with zero attached hydrogens (tertiary/aromatic N) is 4. The molecule has 2 fully saturated rings. The number of rotatable bonds is 5. The van der Waals surface area contributed by atoms with Crippen LogP contribution in [0.1, 0.15) is 17.5 Å². The van der Waals surface area contributed by atoms with Crippen LogP contribution >= 0.6 is 0 Å². The van der Waals surface area contributed by atoms with Gasteiger partial charge < -0.3 is 19.9 Å². The summed E-state index contributed by atoms with van der Waals surface area (Å²) in [5.74, 6) is 1.75. The van der Waals surface area contributed by atoms with Gasteiger partial charge in [0, 0.05) is 66.1 Å². The molecule has 0 spiro atoms. The number of ether oxygens (including phenoxy) is 1. The molecule has 1 atom stereocenters. The van der Waals surface area contributed by atoms with Gasteiger partial charge in [-0.05, 0) is 42.5 Å². The number of hydrogen-bond donors (Lipinski definition) is 1. The maximum absolute atomic E-state index is 5.46. The maximum atomic E-state index is 5.46. The van der Waals surface area contributed by atoms with Crippen LogP contribution in [0.25, 0.3) is 0 Å². The van der Waals surface area contributed by atoms with E-state index in [1.165, 1.54) is 29.8 Å². The molecular formula is C21H35N5O. The van der Waals surface area contributed by atoms with Gasteiger partial charge in [-0.15, -0.1) is 0 Å². The van der Waals surface area contributed by atoms with Gasteiger partial charge in [0.1, 0.15) is 0 Å². The van der Waals surface area contributed by atoms with Gasteiger partial charge in [0.2, 0.25) is 0 Å². The third kappa shape index (κ3) is 5.36. The summed E-state index contributed by atoms with van der Waals surface area (Å²) in [6.07, 6.45) is 1.24. The standard InChI is InChI=1S/C21H35N5O/c1-17-13-20(24(3)4)6-5-19(17)14-23-21(22-2)26-8-7-18(16-26)15-25-9-11-27-12-10-25/h5-6,13,18H,7-12,14-16H2,1-4H3,(H,22,23). The Morgan fingerprint density at radius 3 is 2.70 bits per heavy atom. The number of likely N-dealkylation sites (tertiary alicyclic amines) is 1. The molecular weight excluding hydrogens is 338 g/mol. The molecule has 0 amide bonds. The van der Waals surface area contributed by atoms with Gasteiger partial charge in [0.05, 0.1) is 13.2 Å². The van der Waals surface area contributed by atoms with Gasteiger partial charge in [0.25, 0.3) is 0 Å². The summed E-state index contributed by atoms with van der Waals surface area (Å²) in [5, 5.41) is 3.57. The molecule has 6 nitrogen and oxygen atoms in total. The summed E-state index contributed by atoms with van der Waals surface area (Å²) < 4.78 is 5.46. The van der Waals surface area contributed by atoms with Gasteiger partial charge in [-0.3, -0.25) is 9.89 Å². The van der Waals surface area contributed by atoms with Crippen molar-refractivity contribution in [3.63, 3.8) is 0 Å². The van der Waals surface area contributed by atoms with Crippen molar-refractivity contribution in [1.82, 2.24) is 15.1 Å². The van der Waals surface area contributed by atoms with Crippen LogP contribution in [0.2, 0.25) is 0 Å². The number of morpholine rings is 1. The SMILES string of the molecule is CN=C(NCc1ccc(N(C)C)cc1C)N1CCC(CN2CCOCC2)C1. The molecule has 1 aromatic rings. The number of guanidine groups is 1. The molecule has 3 rings (SSSR count). The summed E-state index contributed by atoms with van der Waals surface area (Å²) in [6, 6.07) is 6.64. The Kier molecular flexibility index (Phi) is 6.96. The second kappa shape index (κ2) is 9.42. The van der Waals surface area contributed by atoms with Gasteiger partial charge in [-0.1, -0.05) is 6.07 Å². The molecule has 27 heavy (non-hydrogen) atoms. The van der Waals surface area contributed by atoms with E-state index < -0.39 is 0 Å². The van der Waals surface area contributed by atoms with Crippen LogP contribution in [-0.4, -0.2) is 82.8 Å². The lowest BCUT2D eigenvalue weighted by Gasteiger charge is -2.29. The molecule has 0 saturated carbocycles. The second-order valence-electron chi connectivity index (χ2n) is 7.92. The average Bonchev–Trinajstić information content (AvgIpc) is 3.12. The Bertz CT molecular complexity index is 639. The predicted molar refractivity (Wildman–Crippen MR) is 113 cm³/mol. The van der Waals surface area contributed by atoms with Crippen LogP contribution in [0.4, 0.5) is 5.69 Å². The number of anilines is 1. The number of aliphatic imine (C=N–C) groups is 1. The molecule has 2 aliphatic rings. The Balaban J connectivity index is 1.51. The smallest absolute Gasteiger partial charge is 0.193 e. The minimum Gasteiger partial charge on any atom is -0.379 e. The first kappa shape index (κ1) is 20.0. The zero-order valence-corrected chi connectivity index (χ0v) is 17.4. The summed E-state index contributed by atoms with van der Waals surface area (Å²) in [7, 11) is 6.05. The van der Waals surface area contributed by atoms with Crippen molar-refractivity contribution >= 4 is 11.6 Å². The van der Waals surface area contributed by atoms with E-state index in [0.717, 1.165) is 57.8 Å². The van der Waals surface area contributed by atoms with E-state index in [1.807, 2.05) is 7.05 Å². The van der Waals surface area contributed by atoms with Crippen LogP contribution in [0.3, 0.4) is 0 Å². The Morgan fingerprint density at radius 1 is 1.26 bits per heavy atom. The molecule has 0 radical (unpaired) electrons. The summed E-state index contributed by atoms with van der Waals surface area (Å²) >= 11 is 0. The zero-order valence-electron chi connectivity index (χ0n) is 17.4. The van der Waals surface area contributed by atoms with Crippen molar-refractivity contribution in [1.29, 1.82) is 0 Å². The van der Waals surface area contributed by atoms with Gasteiger partial charge in [-0.25, -0.2) is 0 Å². The first-order valence-corrected chi connectivity index (χ1v) is 10.1. The summed E-state index contributed by atoms with van der Waals surface area (Å²) in [6.45, 7) is 10.3. The quantitative estimate of drug-likeness (QED) is 0.630. The third-order valence-corrected chi connectivity index (χ3v) is 5.70. The molecule has 2 saturated heterocycles. The lowest BCUT2D eigenvalue weighted by Crippen LogP contribution is -2.42. The topological polar surface area (TPSA) is 43.3 Å². The van der Waals surface area contributed by atoms with Gasteiger partial charge >= 0.3 is 0 Å².